The molecule has 11 nitrogen and oxygen atoms in total. The molecule has 4 amide bonds. The molecule has 4 atom stereocenters. The van der Waals surface area contributed by atoms with E-state index in [0.29, 0.717) is 44.2 Å². The molecule has 0 radical (unpaired) electrons. The van der Waals surface area contributed by atoms with Crippen molar-refractivity contribution in [2.75, 3.05) is 46.3 Å². The SMILES string of the molecule is COc1ccc(C(OCC(CO)CCCCNC(=O)CCCNC(=O)CCCC[C@@H]2SC[C@@H]3NC(=O)N[C@@H]32)(c2ccccc2)c2ccc(OC)cc2)cc1. The summed E-state index contributed by atoms with van der Waals surface area (Å²) in [5, 5.41) is 22.7. The smallest absolute Gasteiger partial charge is 0.315 e. The van der Waals surface area contributed by atoms with Crippen LogP contribution in [0.25, 0.3) is 0 Å². The summed E-state index contributed by atoms with van der Waals surface area (Å²) < 4.78 is 17.9. The molecule has 54 heavy (non-hydrogen) atoms. The highest BCUT2D eigenvalue weighted by atomic mass is 32.2. The largest absolute Gasteiger partial charge is 0.497 e. The average Bonchev–Trinajstić information content (AvgIpc) is 3.77. The Labute approximate surface area is 323 Å². The van der Waals surface area contributed by atoms with Gasteiger partial charge in [-0.25, -0.2) is 4.79 Å². The van der Waals surface area contributed by atoms with Crippen LogP contribution in [0, 0.1) is 5.92 Å². The van der Waals surface area contributed by atoms with E-state index >= 15 is 0 Å². The zero-order valence-electron chi connectivity index (χ0n) is 31.5. The topological polar surface area (TPSA) is 147 Å². The summed E-state index contributed by atoms with van der Waals surface area (Å²) in [7, 11) is 3.29. The first kappa shape index (κ1) is 40.9. The van der Waals surface area contributed by atoms with Crippen molar-refractivity contribution in [1.82, 2.24) is 21.3 Å². The van der Waals surface area contributed by atoms with E-state index in [-0.39, 0.29) is 42.5 Å². The molecule has 292 valence electrons. The highest BCUT2D eigenvalue weighted by molar-refractivity contribution is 8.00. The number of aliphatic hydroxyl groups is 1. The van der Waals surface area contributed by atoms with Crippen LogP contribution in [0.2, 0.25) is 0 Å². The first-order valence-corrected chi connectivity index (χ1v) is 20.2. The summed E-state index contributed by atoms with van der Waals surface area (Å²) in [6.07, 6.45) is 6.49. The molecule has 2 aliphatic rings. The van der Waals surface area contributed by atoms with Gasteiger partial charge in [0.05, 0.1) is 32.9 Å². The lowest BCUT2D eigenvalue weighted by molar-refractivity contribution is -0.123. The number of methoxy groups -OCH3 is 2. The molecule has 0 aromatic heterocycles. The van der Waals surface area contributed by atoms with Gasteiger partial charge in [-0.15, -0.1) is 0 Å². The molecule has 12 heteroatoms. The summed E-state index contributed by atoms with van der Waals surface area (Å²) in [4.78, 5) is 36.3. The molecule has 2 saturated heterocycles. The molecule has 0 spiro atoms. The summed E-state index contributed by atoms with van der Waals surface area (Å²) in [5.74, 6) is 2.32. The van der Waals surface area contributed by atoms with Crippen molar-refractivity contribution in [2.24, 2.45) is 5.92 Å². The van der Waals surface area contributed by atoms with E-state index in [2.05, 4.69) is 33.4 Å². The number of carbonyl (C=O) groups is 3. The third kappa shape index (κ3) is 11.1. The van der Waals surface area contributed by atoms with Crippen molar-refractivity contribution >= 4 is 29.6 Å². The van der Waals surface area contributed by atoms with E-state index in [1.54, 1.807) is 14.2 Å². The molecule has 3 aromatic rings. The molecule has 2 aliphatic heterocycles. The second kappa shape index (κ2) is 21.0. The van der Waals surface area contributed by atoms with Crippen LogP contribution in [0.3, 0.4) is 0 Å². The maximum atomic E-state index is 12.4. The molecule has 0 aliphatic carbocycles. The van der Waals surface area contributed by atoms with Gasteiger partial charge in [0, 0.05) is 49.5 Å². The van der Waals surface area contributed by atoms with Crippen LogP contribution in [0.15, 0.2) is 78.9 Å². The molecule has 1 unspecified atom stereocenters. The summed E-state index contributed by atoms with van der Waals surface area (Å²) in [6, 6.07) is 26.2. The molecular formula is C42H56N4O7S. The van der Waals surface area contributed by atoms with Crippen LogP contribution in [0.4, 0.5) is 4.79 Å². The number of aliphatic hydroxyl groups excluding tert-OH is 1. The number of rotatable bonds is 23. The number of ether oxygens (including phenoxy) is 3. The molecule has 2 fully saturated rings. The van der Waals surface area contributed by atoms with Gasteiger partial charge in [-0.05, 0) is 73.1 Å². The van der Waals surface area contributed by atoms with Crippen LogP contribution in [0.1, 0.15) is 74.5 Å². The first-order valence-electron chi connectivity index (χ1n) is 19.2. The van der Waals surface area contributed by atoms with Gasteiger partial charge >= 0.3 is 6.03 Å². The maximum absolute atomic E-state index is 12.4. The Balaban J connectivity index is 1.02. The quantitative estimate of drug-likeness (QED) is 0.0482. The third-order valence-corrected chi connectivity index (χ3v) is 11.8. The number of unbranched alkanes of at least 4 members (excludes halogenated alkanes) is 2. The molecule has 5 rings (SSSR count). The van der Waals surface area contributed by atoms with Crippen molar-refractivity contribution in [3.63, 3.8) is 0 Å². The van der Waals surface area contributed by atoms with E-state index in [0.717, 1.165) is 72.5 Å². The minimum absolute atomic E-state index is 0.0135. The number of fused-ring (bicyclic) bond motifs is 1. The van der Waals surface area contributed by atoms with Gasteiger partial charge in [-0.1, -0.05) is 67.4 Å². The molecule has 0 saturated carbocycles. The van der Waals surface area contributed by atoms with Gasteiger partial charge in [-0.2, -0.15) is 11.8 Å². The Morgan fingerprint density at radius 3 is 2.00 bits per heavy atom. The van der Waals surface area contributed by atoms with E-state index in [1.165, 1.54) is 0 Å². The maximum Gasteiger partial charge on any atom is 0.315 e. The van der Waals surface area contributed by atoms with Gasteiger partial charge in [0.15, 0.2) is 0 Å². The van der Waals surface area contributed by atoms with Crippen LogP contribution in [-0.2, 0) is 19.9 Å². The van der Waals surface area contributed by atoms with Crippen molar-refractivity contribution < 1.29 is 33.7 Å². The molecular weight excluding hydrogens is 705 g/mol. The zero-order valence-corrected chi connectivity index (χ0v) is 32.3. The van der Waals surface area contributed by atoms with Crippen molar-refractivity contribution in [1.29, 1.82) is 0 Å². The lowest BCUT2D eigenvalue weighted by Gasteiger charge is -2.37. The Bertz CT molecular complexity index is 1560. The second-order valence-corrected chi connectivity index (χ2v) is 15.3. The molecule has 5 N–H and O–H groups in total. The Morgan fingerprint density at radius 2 is 1.39 bits per heavy atom. The van der Waals surface area contributed by atoms with Crippen LogP contribution in [0.5, 0.6) is 11.5 Å². The normalized spacial score (nSPS) is 18.3. The van der Waals surface area contributed by atoms with E-state index < -0.39 is 5.60 Å². The highest BCUT2D eigenvalue weighted by Gasteiger charge is 2.42. The third-order valence-electron chi connectivity index (χ3n) is 10.3. The number of benzene rings is 3. The van der Waals surface area contributed by atoms with Crippen LogP contribution in [-0.4, -0.2) is 86.6 Å². The number of urea groups is 1. The van der Waals surface area contributed by atoms with Gasteiger partial charge in [0.1, 0.15) is 17.1 Å². The monoisotopic (exact) mass is 760 g/mol. The average molecular weight is 761 g/mol. The number of carbonyl (C=O) groups excluding carboxylic acids is 3. The van der Waals surface area contributed by atoms with E-state index in [1.807, 2.05) is 78.5 Å². The summed E-state index contributed by atoms with van der Waals surface area (Å²) in [5.41, 5.74) is 1.89. The molecule has 0 bridgehead atoms. The minimum atomic E-state index is -0.951. The number of amides is 4. The fraction of sp³-hybridized carbons (Fsp3) is 0.500. The fourth-order valence-electron chi connectivity index (χ4n) is 7.26. The summed E-state index contributed by atoms with van der Waals surface area (Å²) in [6.45, 7) is 1.32. The van der Waals surface area contributed by atoms with Crippen molar-refractivity contribution in [3.8, 4) is 11.5 Å². The number of thioether (sulfide) groups is 1. The van der Waals surface area contributed by atoms with E-state index in [9.17, 15) is 19.5 Å². The highest BCUT2D eigenvalue weighted by Crippen LogP contribution is 2.42. The Morgan fingerprint density at radius 1 is 0.796 bits per heavy atom. The predicted octanol–water partition coefficient (Wildman–Crippen LogP) is 5.53. The van der Waals surface area contributed by atoms with E-state index in [4.69, 9.17) is 14.2 Å². The van der Waals surface area contributed by atoms with Crippen molar-refractivity contribution in [3.05, 3.63) is 95.6 Å². The molecule has 3 aromatic carbocycles. The van der Waals surface area contributed by atoms with Crippen LogP contribution >= 0.6 is 11.8 Å². The minimum Gasteiger partial charge on any atom is -0.497 e. The first-order chi connectivity index (χ1) is 26.4. The zero-order chi connectivity index (χ0) is 38.2. The fourth-order valence-corrected chi connectivity index (χ4v) is 8.80. The predicted molar refractivity (Wildman–Crippen MR) is 212 cm³/mol. The van der Waals surface area contributed by atoms with Gasteiger partial charge in [0.2, 0.25) is 11.8 Å². The number of nitrogens with one attached hydrogen (secondary N) is 4. The second-order valence-electron chi connectivity index (χ2n) is 14.0. The Kier molecular flexibility index (Phi) is 15.9. The van der Waals surface area contributed by atoms with Crippen LogP contribution < -0.4 is 30.7 Å². The number of hydrogen-bond donors (Lipinski definition) is 5. The van der Waals surface area contributed by atoms with Gasteiger partial charge in [0.25, 0.3) is 0 Å². The van der Waals surface area contributed by atoms with Gasteiger partial charge < -0.3 is 40.6 Å². The number of hydrogen-bond acceptors (Lipinski definition) is 8. The molecule has 2 heterocycles. The van der Waals surface area contributed by atoms with Gasteiger partial charge in [-0.3, -0.25) is 9.59 Å². The lowest BCUT2D eigenvalue weighted by Crippen LogP contribution is -2.36. The standard InChI is InChI=1S/C42H56N4O7S/c1-51-34-21-17-32(18-22-34)42(31-12-4-3-5-13-31,33-19-23-35(52-2)24-20-33)53-28-30(27-47)11-8-9-25-43-39(49)16-10-26-44-38(48)15-7-6-14-37-40-36(29-54-37)45-41(50)46-40/h3-5,12-13,17-24,30,36-37,40,47H,6-11,14-16,25-29H2,1-2H3,(H,43,49)(H,44,48)(H2,45,46,50)/t30?,36-,37-,40-/m0/s1. The lowest BCUT2D eigenvalue weighted by atomic mass is 9.79. The van der Waals surface area contributed by atoms with Crippen molar-refractivity contribution in [2.45, 2.75) is 80.7 Å². The summed E-state index contributed by atoms with van der Waals surface area (Å²) >= 11 is 1.89. The Hall–Kier alpha value is -4.26.